The molecule has 0 aliphatic heterocycles. The van der Waals surface area contributed by atoms with Crippen LogP contribution >= 0.6 is 31.8 Å². The maximum Gasteiger partial charge on any atom is 0.302 e. The lowest BCUT2D eigenvalue weighted by Crippen LogP contribution is -2.66. The maximum atomic E-state index is 13.0. The van der Waals surface area contributed by atoms with E-state index in [0.29, 0.717) is 135 Å². The third kappa shape index (κ3) is 13.1. The highest BCUT2D eigenvalue weighted by Crippen LogP contribution is 2.82. The molecule has 15 rings (SSSR count). The molecule has 108 heavy (non-hydrogen) atoms. The van der Waals surface area contributed by atoms with Crippen LogP contribution in [0, 0.1) is 170 Å². The first kappa shape index (κ1) is 87.6. The Balaban J connectivity index is 0.000000155. The molecule has 0 aromatic carbocycles. The maximum absolute atomic E-state index is 13.0. The van der Waals surface area contributed by atoms with Crippen LogP contribution in [0.3, 0.4) is 0 Å². The quantitative estimate of drug-likeness (QED) is 0.0948. The van der Waals surface area contributed by atoms with E-state index in [-0.39, 0.29) is 72.8 Å². The van der Waals surface area contributed by atoms with Crippen LogP contribution in [-0.2, 0) is 23.9 Å². The second-order valence-corrected chi connectivity index (χ2v) is 47.2. The van der Waals surface area contributed by atoms with Crippen molar-refractivity contribution in [2.24, 2.45) is 170 Å². The van der Waals surface area contributed by atoms with Crippen LogP contribution in [-0.4, -0.2) is 83.7 Å². The van der Waals surface area contributed by atoms with E-state index in [0.717, 1.165) is 52.0 Å². The minimum atomic E-state index is -0.186. The predicted molar refractivity (Wildman–Crippen MR) is 451 cm³/mol. The number of carbonyl (C=O) groups is 3. The number of Topliss-reactive ketones (excluding diaryl/α,β-unsaturated/α-hetero) is 1. The van der Waals surface area contributed by atoms with Gasteiger partial charge in [-0.2, -0.15) is 0 Å². The minimum absolute atomic E-state index is 0.00826. The molecule has 0 aromatic rings. The molecule has 12 unspecified atom stereocenters. The number of carbonyl (C=O) groups excluding carboxylic acids is 3. The summed E-state index contributed by atoms with van der Waals surface area (Å²) in [6, 6.07) is 0. The molecule has 15 fully saturated rings. The van der Waals surface area contributed by atoms with Gasteiger partial charge in [-0.1, -0.05) is 140 Å². The average molecular weight is 1560 g/mol. The Bertz CT molecular complexity index is 3340. The van der Waals surface area contributed by atoms with E-state index in [9.17, 15) is 29.7 Å². The van der Waals surface area contributed by atoms with Crippen molar-refractivity contribution < 1.29 is 39.2 Å². The average Bonchev–Trinajstić information content (AvgIpc) is 1.08. The van der Waals surface area contributed by atoms with E-state index < -0.39 is 0 Å². The predicted octanol–water partition coefficient (Wildman–Crippen LogP) is 24.7. The van der Waals surface area contributed by atoms with Gasteiger partial charge in [0.25, 0.3) is 0 Å². The van der Waals surface area contributed by atoms with Gasteiger partial charge in [-0.15, -0.1) is 31.8 Å². The number of hydrogen-bond donors (Lipinski definition) is 3. The van der Waals surface area contributed by atoms with Crippen molar-refractivity contribution in [3.8, 4) is 0 Å². The van der Waals surface area contributed by atoms with Crippen molar-refractivity contribution in [2.45, 2.75) is 343 Å². The minimum Gasteiger partial charge on any atom is -0.465 e. The van der Waals surface area contributed by atoms with Gasteiger partial charge in [-0.25, -0.2) is 0 Å². The van der Waals surface area contributed by atoms with Crippen molar-refractivity contribution in [3.05, 3.63) is 36.5 Å². The lowest BCUT2D eigenvalue weighted by atomic mass is 9.32. The van der Waals surface area contributed by atoms with Crippen molar-refractivity contribution >= 4 is 49.5 Å². The first-order valence-corrected chi connectivity index (χ1v) is 47.7. The van der Waals surface area contributed by atoms with Crippen LogP contribution < -0.4 is 0 Å². The van der Waals surface area contributed by atoms with E-state index in [1.165, 1.54) is 184 Å². The fourth-order valence-electron chi connectivity index (χ4n) is 34.9. The fraction of sp³-hybridized carbons (Fsp3) is 0.907. The standard InChI is InChI=1S/C32H52O3.C32H50O3.C30H50O2.C2H7P.CH2Cl2/c2*1-20(2)22-11-16-32(19-35-21(3)33)18-17-30(7)23(27(22)32)9-10-25-29(6)14-13-26(34)28(4,5)24(29)12-15-31(25,30)8;1-19(2)20-10-15-30(18-31)17-16-28(6)21(25(20)30)8-9-23-27(5)13-12-24(32)26(3,4)22(27)11-14-29(23,28)7;1-3-2;2-1-3/h22-27,34H,1,9-19H2,2-8H3;22-25,27H,1,9-19H2,2-8H3;20-25,31-32H,1,8-18H2,2-7H3;3H,1-2H3;1H2/t22-,23?,24?,25?,26-,27?,29-,30+,31+,32+;22-,23?,24?,25?,27?,29-,30+,31+,32+;20-,21?,22?,23?,24-,25?,27-,28+,29+,30+;;/m000../s1. The molecule has 11 heteroatoms. The Morgan fingerprint density at radius 3 is 1.01 bits per heavy atom. The van der Waals surface area contributed by atoms with Crippen molar-refractivity contribution in [1.82, 2.24) is 0 Å². The summed E-state index contributed by atoms with van der Waals surface area (Å²) >= 11 is 9.53. The summed E-state index contributed by atoms with van der Waals surface area (Å²) in [5.74, 6) is 9.71. The number of aliphatic hydroxyl groups is 3. The Morgan fingerprint density at radius 1 is 0.398 bits per heavy atom. The van der Waals surface area contributed by atoms with Gasteiger partial charge in [0.15, 0.2) is 0 Å². The van der Waals surface area contributed by atoms with Gasteiger partial charge in [-0.05, 0) is 374 Å². The lowest BCUT2D eigenvalue weighted by molar-refractivity contribution is -0.249. The summed E-state index contributed by atoms with van der Waals surface area (Å²) in [6.45, 7) is 66.8. The molecular weight excluding hydrogens is 1390 g/mol. The monoisotopic (exact) mass is 1560 g/mol. The van der Waals surface area contributed by atoms with E-state index in [4.69, 9.17) is 32.7 Å². The first-order chi connectivity index (χ1) is 50.2. The summed E-state index contributed by atoms with van der Waals surface area (Å²) in [5.41, 5.74) is 7.17. The smallest absolute Gasteiger partial charge is 0.302 e. The van der Waals surface area contributed by atoms with Gasteiger partial charge in [0.05, 0.1) is 30.8 Å². The molecule has 616 valence electrons. The number of allylic oxidation sites excluding steroid dienone is 3. The second-order valence-electron chi connectivity index (χ2n) is 45.4. The Hall–Kier alpha value is -1.28. The number of ether oxygens (including phenoxy) is 2. The van der Waals surface area contributed by atoms with Crippen LogP contribution in [0.25, 0.3) is 0 Å². The molecule has 15 aliphatic carbocycles. The number of halogens is 2. The highest BCUT2D eigenvalue weighted by molar-refractivity contribution is 7.35. The van der Waals surface area contributed by atoms with E-state index in [2.05, 4.69) is 158 Å². The Labute approximate surface area is 672 Å². The lowest BCUT2D eigenvalue weighted by Gasteiger charge is -2.73. The molecule has 0 spiro atoms. The third-order valence-electron chi connectivity index (χ3n) is 40.9. The number of esters is 2. The Morgan fingerprint density at radius 2 is 0.694 bits per heavy atom. The molecule has 0 amide bonds. The van der Waals surface area contributed by atoms with E-state index >= 15 is 0 Å². The number of alkyl halides is 2. The van der Waals surface area contributed by atoms with Gasteiger partial charge >= 0.3 is 11.9 Å². The van der Waals surface area contributed by atoms with Gasteiger partial charge in [-0.3, -0.25) is 14.4 Å². The molecule has 3 N–H and O–H groups in total. The molecule has 29 atom stereocenters. The van der Waals surface area contributed by atoms with Crippen molar-refractivity contribution in [1.29, 1.82) is 0 Å². The van der Waals surface area contributed by atoms with Gasteiger partial charge in [0.1, 0.15) is 5.78 Å². The van der Waals surface area contributed by atoms with Crippen molar-refractivity contribution in [2.75, 3.05) is 38.5 Å². The first-order valence-electron chi connectivity index (χ1n) is 44.6. The number of aliphatic hydroxyl groups excluding tert-OH is 3. The van der Waals surface area contributed by atoms with Gasteiger partial charge < -0.3 is 24.8 Å². The second kappa shape index (κ2) is 30.6. The largest absolute Gasteiger partial charge is 0.465 e. The summed E-state index contributed by atoms with van der Waals surface area (Å²) in [6.07, 6.45) is 35.8. The zero-order valence-electron chi connectivity index (χ0n) is 73.1. The number of hydrogen-bond acceptors (Lipinski definition) is 8. The molecular formula is C97H161Cl2O8P. The van der Waals surface area contributed by atoms with Crippen LogP contribution in [0.4, 0.5) is 0 Å². The molecule has 0 radical (unpaired) electrons. The molecule has 0 aromatic heterocycles. The molecule has 0 bridgehead atoms. The van der Waals surface area contributed by atoms with Crippen LogP contribution in [0.1, 0.15) is 331 Å². The normalized spacial score (nSPS) is 50.4. The molecule has 15 aliphatic rings. The summed E-state index contributed by atoms with van der Waals surface area (Å²) < 4.78 is 11.6. The van der Waals surface area contributed by atoms with Crippen LogP contribution in [0.2, 0.25) is 0 Å². The third-order valence-corrected chi connectivity index (χ3v) is 40.9. The van der Waals surface area contributed by atoms with Crippen LogP contribution in [0.5, 0.6) is 0 Å². The van der Waals surface area contributed by atoms with Crippen LogP contribution in [0.15, 0.2) is 36.5 Å². The SMILES string of the molecule is C=C(C)[C@@H]1CC[C@]2(CO)CC[C@]3(C)C(CCC4[C@@]5(C)CC[C@H](O)C(C)(C)C5CC[C@]43C)C12.C=C(C)[C@@H]1CC[C@]2(COC(C)=O)CC[C@]3(C)C(CCC4[C@@]5(C)CCC(=O)C(C)(C)C5CC[C@]43C)C12.C=C(C)[C@@H]1CC[C@]2(COC(C)=O)CC[C@]3(C)C(CCC4[C@@]5(C)CC[C@H](O)C(C)(C)C5CC[C@]43C)C12.CPC.ClCCl. The summed E-state index contributed by atoms with van der Waals surface area (Å²) in [7, 11) is 1.08. The summed E-state index contributed by atoms with van der Waals surface area (Å²) in [5, 5.41) is 32.7. The topological polar surface area (TPSA) is 130 Å². The van der Waals surface area contributed by atoms with Crippen molar-refractivity contribution in [3.63, 3.8) is 0 Å². The number of rotatable bonds is 8. The summed E-state index contributed by atoms with van der Waals surface area (Å²) in [4.78, 5) is 36.7. The zero-order valence-corrected chi connectivity index (χ0v) is 75.6. The molecule has 8 nitrogen and oxygen atoms in total. The molecule has 15 saturated carbocycles. The van der Waals surface area contributed by atoms with E-state index in [1.807, 2.05) is 0 Å². The number of fused-ring (bicyclic) bond motifs is 21. The number of ketones is 1. The highest BCUT2D eigenvalue weighted by Gasteiger charge is 2.75. The highest BCUT2D eigenvalue weighted by atomic mass is 35.5. The van der Waals surface area contributed by atoms with Gasteiger partial charge in [0, 0.05) is 43.1 Å². The zero-order chi connectivity index (χ0) is 79.9. The van der Waals surface area contributed by atoms with E-state index in [1.54, 1.807) is 13.8 Å². The molecule has 0 saturated heterocycles. The fourth-order valence-corrected chi connectivity index (χ4v) is 34.9. The van der Waals surface area contributed by atoms with Gasteiger partial charge in [0.2, 0.25) is 0 Å². The Kier molecular flexibility index (Phi) is 24.8. The molecule has 0 heterocycles.